The molecule has 1 saturated heterocycles. The van der Waals surface area contributed by atoms with Crippen molar-refractivity contribution >= 4 is 29.8 Å². The monoisotopic (exact) mass is 592 g/mol. The highest BCUT2D eigenvalue weighted by atomic mass is 16.6. The van der Waals surface area contributed by atoms with Gasteiger partial charge in [0.2, 0.25) is 0 Å². The molecule has 0 bridgehead atoms. The minimum absolute atomic E-state index is 0.0900. The Kier molecular flexibility index (Phi) is 8.14. The van der Waals surface area contributed by atoms with Crippen LogP contribution in [0.2, 0.25) is 0 Å². The average molecular weight is 593 g/mol. The summed E-state index contributed by atoms with van der Waals surface area (Å²) in [5, 5.41) is 12.5. The molecule has 12 heteroatoms. The number of ether oxygens (including phenoxy) is 6. The summed E-state index contributed by atoms with van der Waals surface area (Å²) in [7, 11) is 0. The maximum atomic E-state index is 12.7. The van der Waals surface area contributed by atoms with E-state index in [9.17, 15) is 29.1 Å². The Labute approximate surface area is 244 Å². The Morgan fingerprint density at radius 2 is 1.40 bits per heavy atom. The maximum Gasteiger partial charge on any atom is 0.307 e. The van der Waals surface area contributed by atoms with Crippen LogP contribution < -0.4 is 0 Å². The fourth-order valence-corrected chi connectivity index (χ4v) is 8.28. The van der Waals surface area contributed by atoms with Gasteiger partial charge in [0.15, 0.2) is 0 Å². The number of aliphatic hydroxyl groups is 1. The van der Waals surface area contributed by atoms with Crippen molar-refractivity contribution in [1.29, 1.82) is 0 Å². The molecule has 3 fully saturated rings. The zero-order chi connectivity index (χ0) is 31.5. The van der Waals surface area contributed by atoms with Crippen molar-refractivity contribution in [2.75, 3.05) is 6.61 Å². The molecule has 4 aliphatic rings. The van der Waals surface area contributed by atoms with Crippen LogP contribution in [-0.4, -0.2) is 77.7 Å². The lowest BCUT2D eigenvalue weighted by molar-refractivity contribution is -0.253. The highest BCUT2D eigenvalue weighted by molar-refractivity contribution is 5.69. The molecule has 1 aliphatic heterocycles. The van der Waals surface area contributed by atoms with Gasteiger partial charge in [-0.25, -0.2) is 0 Å². The molecule has 0 amide bonds. The van der Waals surface area contributed by atoms with Crippen LogP contribution in [0.25, 0.3) is 0 Å². The van der Waals surface area contributed by atoms with E-state index in [0.29, 0.717) is 16.9 Å². The second-order valence-electron chi connectivity index (χ2n) is 12.3. The number of hydrogen-bond acceptors (Lipinski definition) is 12. The SMILES string of the molecule is C=C(C)[C@]12CC(OC(C)=O)=C(C)C1[C@@H](OC(C)=O)[C@H](OC(C)=O)[C@]1(C)[C@@H](OC(C)=O)C[C@H](OC(C)=O)[C@@]3(O)CO[C@H]2[C@H]31. The van der Waals surface area contributed by atoms with Gasteiger partial charge >= 0.3 is 29.8 Å². The van der Waals surface area contributed by atoms with Crippen molar-refractivity contribution in [3.63, 3.8) is 0 Å². The van der Waals surface area contributed by atoms with Crippen molar-refractivity contribution in [3.05, 3.63) is 23.5 Å². The van der Waals surface area contributed by atoms with Gasteiger partial charge in [-0.2, -0.15) is 0 Å². The molecule has 0 aromatic carbocycles. The summed E-state index contributed by atoms with van der Waals surface area (Å²) in [5.74, 6) is -4.74. The van der Waals surface area contributed by atoms with Crippen molar-refractivity contribution in [1.82, 2.24) is 0 Å². The molecule has 1 unspecified atom stereocenters. The van der Waals surface area contributed by atoms with Crippen LogP contribution in [0.4, 0.5) is 0 Å². The normalized spacial score (nSPS) is 40.2. The quantitative estimate of drug-likeness (QED) is 0.273. The number of esters is 5. The van der Waals surface area contributed by atoms with E-state index in [1.54, 1.807) is 20.8 Å². The number of carbonyl (C=O) groups excluding carboxylic acids is 5. The number of allylic oxidation sites excluding steroid dienone is 1. The molecular formula is C30H40O12. The van der Waals surface area contributed by atoms with Crippen LogP contribution in [0.5, 0.6) is 0 Å². The van der Waals surface area contributed by atoms with Crippen LogP contribution >= 0.6 is 0 Å². The van der Waals surface area contributed by atoms with Crippen LogP contribution in [0, 0.1) is 22.7 Å². The number of rotatable bonds is 6. The molecule has 0 spiro atoms. The van der Waals surface area contributed by atoms with Crippen LogP contribution in [-0.2, 0) is 52.4 Å². The first-order chi connectivity index (χ1) is 19.4. The predicted molar refractivity (Wildman–Crippen MR) is 143 cm³/mol. The molecule has 1 heterocycles. The third-order valence-corrected chi connectivity index (χ3v) is 9.62. The van der Waals surface area contributed by atoms with Gasteiger partial charge in [0.05, 0.1) is 18.1 Å². The molecule has 0 aromatic heterocycles. The van der Waals surface area contributed by atoms with E-state index in [1.165, 1.54) is 34.6 Å². The molecule has 12 nitrogen and oxygen atoms in total. The topological polar surface area (TPSA) is 161 Å². The van der Waals surface area contributed by atoms with Gasteiger partial charge in [-0.15, -0.1) is 0 Å². The van der Waals surface area contributed by atoms with Gasteiger partial charge < -0.3 is 33.5 Å². The lowest BCUT2D eigenvalue weighted by atomic mass is 9.53. The summed E-state index contributed by atoms with van der Waals surface area (Å²) >= 11 is 0. The standard InChI is InChI=1S/C30H40O12/c1-13(2)29-11-20(38-15(4)31)14(3)23(29)24(41-18(7)34)26(42-19(8)35)28(9)21(39-16(5)32)10-22(40-17(6)33)30(36)12-37-27(29)25(28)30/h21-27,36H,1,10-12H2,2-9H3/t21-,22-,23?,24+,25-,26-,27-,28+,29+,30-/m0/s1. The first kappa shape index (κ1) is 31.7. The number of hydrogen-bond donors (Lipinski definition) is 1. The first-order valence-electron chi connectivity index (χ1n) is 14.0. The second kappa shape index (κ2) is 10.8. The minimum Gasteiger partial charge on any atom is -0.462 e. The lowest BCUT2D eigenvalue weighted by Gasteiger charge is -2.56. The van der Waals surface area contributed by atoms with Crippen molar-refractivity contribution in [3.8, 4) is 0 Å². The van der Waals surface area contributed by atoms with E-state index >= 15 is 0 Å². The van der Waals surface area contributed by atoms with Gasteiger partial charge in [-0.3, -0.25) is 24.0 Å². The summed E-state index contributed by atoms with van der Waals surface area (Å²) in [4.78, 5) is 62.3. The van der Waals surface area contributed by atoms with Crippen molar-refractivity contribution < 1.29 is 57.5 Å². The van der Waals surface area contributed by atoms with Gasteiger partial charge in [0.25, 0.3) is 0 Å². The molecule has 10 atom stereocenters. The molecule has 3 aliphatic carbocycles. The summed E-state index contributed by atoms with van der Waals surface area (Å²) in [5.41, 5.74) is -3.29. The Bertz CT molecular complexity index is 1250. The zero-order valence-electron chi connectivity index (χ0n) is 25.3. The molecular weight excluding hydrogens is 552 g/mol. The molecule has 4 rings (SSSR count). The molecule has 42 heavy (non-hydrogen) atoms. The summed E-state index contributed by atoms with van der Waals surface area (Å²) in [6, 6.07) is 0. The van der Waals surface area contributed by atoms with Crippen LogP contribution in [0.15, 0.2) is 23.5 Å². The molecule has 1 N–H and O–H groups in total. The van der Waals surface area contributed by atoms with E-state index in [4.69, 9.17) is 28.4 Å². The number of carbonyl (C=O) groups is 5. The summed E-state index contributed by atoms with van der Waals surface area (Å²) in [6.07, 6.45) is -5.70. The largest absolute Gasteiger partial charge is 0.462 e. The minimum atomic E-state index is -1.84. The van der Waals surface area contributed by atoms with E-state index in [2.05, 4.69) is 6.58 Å². The van der Waals surface area contributed by atoms with E-state index < -0.39 is 88.6 Å². The summed E-state index contributed by atoms with van der Waals surface area (Å²) < 4.78 is 35.6. The van der Waals surface area contributed by atoms with Gasteiger partial charge in [-0.1, -0.05) is 19.1 Å². The summed E-state index contributed by atoms with van der Waals surface area (Å²) in [6.45, 7) is 15.3. The zero-order valence-corrected chi connectivity index (χ0v) is 25.3. The third kappa shape index (κ3) is 4.72. The Morgan fingerprint density at radius 1 is 0.857 bits per heavy atom. The maximum absolute atomic E-state index is 12.7. The molecule has 2 saturated carbocycles. The smallest absolute Gasteiger partial charge is 0.307 e. The lowest BCUT2D eigenvalue weighted by Crippen LogP contribution is -2.70. The second-order valence-corrected chi connectivity index (χ2v) is 12.3. The van der Waals surface area contributed by atoms with Crippen molar-refractivity contribution in [2.45, 2.75) is 104 Å². The van der Waals surface area contributed by atoms with Gasteiger partial charge in [0.1, 0.15) is 35.8 Å². The Hall–Kier alpha value is -3.25. The highest BCUT2D eigenvalue weighted by Crippen LogP contribution is 2.69. The van der Waals surface area contributed by atoms with E-state index in [0.717, 1.165) is 0 Å². The Morgan fingerprint density at radius 3 is 1.90 bits per heavy atom. The third-order valence-electron chi connectivity index (χ3n) is 9.62. The molecule has 0 radical (unpaired) electrons. The fraction of sp³-hybridized carbons (Fsp3) is 0.700. The van der Waals surface area contributed by atoms with Crippen LogP contribution in [0.3, 0.4) is 0 Å². The predicted octanol–water partition coefficient (Wildman–Crippen LogP) is 2.30. The van der Waals surface area contributed by atoms with E-state index in [1.807, 2.05) is 0 Å². The average Bonchev–Trinajstić information content (AvgIpc) is 3.32. The van der Waals surface area contributed by atoms with Gasteiger partial charge in [0, 0.05) is 64.7 Å². The Balaban J connectivity index is 2.11. The first-order valence-corrected chi connectivity index (χ1v) is 14.0. The van der Waals surface area contributed by atoms with Crippen LogP contribution in [0.1, 0.15) is 68.2 Å². The molecule has 232 valence electrons. The van der Waals surface area contributed by atoms with E-state index in [-0.39, 0.29) is 19.4 Å². The van der Waals surface area contributed by atoms with Crippen molar-refractivity contribution in [2.24, 2.45) is 22.7 Å². The van der Waals surface area contributed by atoms with Gasteiger partial charge in [-0.05, 0) is 19.4 Å². The number of fused-ring (bicyclic) bond motifs is 2. The molecule has 0 aromatic rings. The highest BCUT2D eigenvalue weighted by Gasteiger charge is 2.79. The fourth-order valence-electron chi connectivity index (χ4n) is 8.28.